The fourth-order valence-electron chi connectivity index (χ4n) is 5.90. The van der Waals surface area contributed by atoms with E-state index >= 15 is 0 Å². The second-order valence-electron chi connectivity index (χ2n) is 10.8. The fraction of sp³-hybridized carbons (Fsp3) is 0.467. The van der Waals surface area contributed by atoms with Crippen LogP contribution < -0.4 is 4.74 Å². The first-order valence-corrected chi connectivity index (χ1v) is 14.3. The summed E-state index contributed by atoms with van der Waals surface area (Å²) in [7, 11) is 1.34. The summed E-state index contributed by atoms with van der Waals surface area (Å²) < 4.78 is 31.1. The van der Waals surface area contributed by atoms with Gasteiger partial charge < -0.3 is 28.6 Å². The number of ether oxygens (including phenoxy) is 2. The fourth-order valence-corrected chi connectivity index (χ4v) is 6.11. The number of nitrogens with zero attached hydrogens (tertiary/aromatic N) is 3. The highest BCUT2D eigenvalue weighted by Gasteiger charge is 2.32. The standard InChI is InChI=1S/C30H33ClFN3O5/c1-38-30(37)35-15-13-34(14-16-35)29(36)28-27(19-5-7-20(32)8-6-19)23-17-24(31)26(18-25(23)40-28)39-22-9-11-33(12-10-22)21-3-2-4-21/h5-8,17-18,21-22H,2-4,9-16H2,1H3. The molecule has 3 aliphatic rings. The summed E-state index contributed by atoms with van der Waals surface area (Å²) in [6, 6.07) is 10.2. The van der Waals surface area contributed by atoms with Crippen molar-refractivity contribution >= 4 is 34.6 Å². The van der Waals surface area contributed by atoms with Crippen molar-refractivity contribution in [2.45, 2.75) is 44.2 Å². The molecule has 3 heterocycles. The first-order chi connectivity index (χ1) is 19.4. The summed E-state index contributed by atoms with van der Waals surface area (Å²) in [6.07, 6.45) is 5.43. The highest BCUT2D eigenvalue weighted by atomic mass is 35.5. The van der Waals surface area contributed by atoms with Gasteiger partial charge in [-0.15, -0.1) is 0 Å². The van der Waals surface area contributed by atoms with E-state index in [9.17, 15) is 14.0 Å². The number of piperidine rings is 1. The molecular formula is C30H33ClFN3O5. The highest BCUT2D eigenvalue weighted by Crippen LogP contribution is 2.41. The molecule has 1 saturated carbocycles. The van der Waals surface area contributed by atoms with Crippen molar-refractivity contribution in [3.05, 3.63) is 53.0 Å². The van der Waals surface area contributed by atoms with Gasteiger partial charge in [-0.2, -0.15) is 0 Å². The maximum absolute atomic E-state index is 13.8. The van der Waals surface area contributed by atoms with Crippen LogP contribution in [0.4, 0.5) is 9.18 Å². The van der Waals surface area contributed by atoms with Crippen LogP contribution in [-0.4, -0.2) is 85.2 Å². The van der Waals surface area contributed by atoms with Gasteiger partial charge in [0.25, 0.3) is 5.91 Å². The second-order valence-corrected chi connectivity index (χ2v) is 11.2. The normalized spacial score (nSPS) is 19.1. The van der Waals surface area contributed by atoms with E-state index in [0.29, 0.717) is 59.0 Å². The molecule has 1 aromatic heterocycles. The van der Waals surface area contributed by atoms with E-state index in [1.54, 1.807) is 34.1 Å². The van der Waals surface area contributed by atoms with Gasteiger partial charge in [0.1, 0.15) is 23.3 Å². The van der Waals surface area contributed by atoms with Crippen molar-refractivity contribution in [3.63, 3.8) is 0 Å². The predicted octanol–water partition coefficient (Wildman–Crippen LogP) is 5.81. The molecule has 6 rings (SSSR count). The van der Waals surface area contributed by atoms with Gasteiger partial charge >= 0.3 is 6.09 Å². The summed E-state index contributed by atoms with van der Waals surface area (Å²) in [6.45, 7) is 3.42. The van der Waals surface area contributed by atoms with Crippen molar-refractivity contribution < 1.29 is 27.9 Å². The monoisotopic (exact) mass is 569 g/mol. The third kappa shape index (κ3) is 5.24. The molecule has 2 aliphatic heterocycles. The molecule has 2 saturated heterocycles. The Kier molecular flexibility index (Phi) is 7.59. The van der Waals surface area contributed by atoms with Crippen LogP contribution in [0.5, 0.6) is 5.75 Å². The molecule has 0 N–H and O–H groups in total. The number of hydrogen-bond acceptors (Lipinski definition) is 6. The molecule has 0 radical (unpaired) electrons. The van der Waals surface area contributed by atoms with E-state index in [0.717, 1.165) is 32.0 Å². The summed E-state index contributed by atoms with van der Waals surface area (Å²) in [5, 5.41) is 1.09. The quantitative estimate of drug-likeness (QED) is 0.386. The maximum Gasteiger partial charge on any atom is 0.409 e. The van der Waals surface area contributed by atoms with E-state index < -0.39 is 6.09 Å². The number of fused-ring (bicyclic) bond motifs is 1. The van der Waals surface area contributed by atoms with Crippen LogP contribution in [0, 0.1) is 5.82 Å². The number of hydrogen-bond donors (Lipinski definition) is 0. The van der Waals surface area contributed by atoms with E-state index in [1.165, 1.54) is 38.5 Å². The minimum Gasteiger partial charge on any atom is -0.489 e. The number of carbonyl (C=O) groups excluding carboxylic acids is 2. The van der Waals surface area contributed by atoms with Gasteiger partial charge in [-0.25, -0.2) is 9.18 Å². The first kappa shape index (κ1) is 26.9. The Morgan fingerprint density at radius 1 is 0.950 bits per heavy atom. The number of amides is 2. The molecule has 8 nitrogen and oxygen atoms in total. The Hall–Kier alpha value is -3.30. The van der Waals surface area contributed by atoms with E-state index in [-0.39, 0.29) is 23.6 Å². The van der Waals surface area contributed by atoms with Crippen molar-refractivity contribution in [1.82, 2.24) is 14.7 Å². The van der Waals surface area contributed by atoms with Gasteiger partial charge in [0.2, 0.25) is 5.76 Å². The smallest absolute Gasteiger partial charge is 0.409 e. The van der Waals surface area contributed by atoms with Crippen LogP contribution >= 0.6 is 11.6 Å². The number of likely N-dealkylation sites (tertiary alicyclic amines) is 1. The Labute approximate surface area is 237 Å². The van der Waals surface area contributed by atoms with Crippen LogP contribution in [0.15, 0.2) is 40.8 Å². The van der Waals surface area contributed by atoms with Crippen molar-refractivity contribution in [2.75, 3.05) is 46.4 Å². The lowest BCUT2D eigenvalue weighted by molar-refractivity contribution is 0.0494. The molecule has 2 aromatic carbocycles. The zero-order chi connectivity index (χ0) is 27.8. The molecule has 0 spiro atoms. The number of furan rings is 1. The molecule has 2 amide bonds. The lowest BCUT2D eigenvalue weighted by Gasteiger charge is -2.41. The number of halogens is 2. The summed E-state index contributed by atoms with van der Waals surface area (Å²) in [5.74, 6) is -0.000982. The van der Waals surface area contributed by atoms with Gasteiger partial charge in [-0.05, 0) is 49.4 Å². The Bertz CT molecular complexity index is 1390. The number of carbonyl (C=O) groups is 2. The number of methoxy groups -OCH3 is 1. The summed E-state index contributed by atoms with van der Waals surface area (Å²) >= 11 is 6.73. The summed E-state index contributed by atoms with van der Waals surface area (Å²) in [5.41, 5.74) is 1.67. The Morgan fingerprint density at radius 3 is 2.25 bits per heavy atom. The molecule has 0 bridgehead atoms. The van der Waals surface area contributed by atoms with Gasteiger partial charge in [-0.3, -0.25) is 4.79 Å². The molecular weight excluding hydrogens is 537 g/mol. The highest BCUT2D eigenvalue weighted by molar-refractivity contribution is 6.33. The van der Waals surface area contributed by atoms with Crippen LogP contribution in [0.1, 0.15) is 42.7 Å². The van der Waals surface area contributed by atoms with Gasteiger partial charge in [0.05, 0.1) is 12.1 Å². The lowest BCUT2D eigenvalue weighted by atomic mass is 9.90. The predicted molar refractivity (Wildman–Crippen MR) is 149 cm³/mol. The second kappa shape index (κ2) is 11.3. The average molecular weight is 570 g/mol. The number of rotatable bonds is 5. The molecule has 3 fully saturated rings. The molecule has 40 heavy (non-hydrogen) atoms. The number of benzene rings is 2. The number of piperazine rings is 1. The van der Waals surface area contributed by atoms with Crippen LogP contribution in [0.25, 0.3) is 22.1 Å². The Morgan fingerprint density at radius 2 is 1.62 bits per heavy atom. The zero-order valence-corrected chi connectivity index (χ0v) is 23.3. The van der Waals surface area contributed by atoms with Gasteiger partial charge in [-0.1, -0.05) is 30.2 Å². The topological polar surface area (TPSA) is 75.5 Å². The van der Waals surface area contributed by atoms with E-state index in [1.807, 2.05) is 0 Å². The molecule has 1 aliphatic carbocycles. The van der Waals surface area contributed by atoms with Crippen LogP contribution in [0.3, 0.4) is 0 Å². The van der Waals surface area contributed by atoms with Crippen molar-refractivity contribution in [2.24, 2.45) is 0 Å². The van der Waals surface area contributed by atoms with Crippen molar-refractivity contribution in [3.8, 4) is 16.9 Å². The minimum atomic E-state index is -0.418. The molecule has 3 aromatic rings. The third-order valence-electron chi connectivity index (χ3n) is 8.43. The molecule has 212 valence electrons. The Balaban J connectivity index is 1.28. The zero-order valence-electron chi connectivity index (χ0n) is 22.5. The van der Waals surface area contributed by atoms with Crippen molar-refractivity contribution in [1.29, 1.82) is 0 Å². The van der Waals surface area contributed by atoms with Crippen LogP contribution in [0.2, 0.25) is 5.02 Å². The van der Waals surface area contributed by atoms with E-state index in [2.05, 4.69) is 4.90 Å². The third-order valence-corrected chi connectivity index (χ3v) is 8.73. The van der Waals surface area contributed by atoms with Crippen LogP contribution in [-0.2, 0) is 4.74 Å². The lowest BCUT2D eigenvalue weighted by Crippen LogP contribution is -2.50. The largest absolute Gasteiger partial charge is 0.489 e. The SMILES string of the molecule is COC(=O)N1CCN(C(=O)c2oc3cc(OC4CCN(C5CCC5)CC4)c(Cl)cc3c2-c2ccc(F)cc2)CC1. The maximum atomic E-state index is 13.8. The average Bonchev–Trinajstić information content (AvgIpc) is 3.31. The molecule has 0 atom stereocenters. The minimum absolute atomic E-state index is 0.0602. The van der Waals surface area contributed by atoms with Gasteiger partial charge in [0, 0.05) is 62.3 Å². The van der Waals surface area contributed by atoms with Gasteiger partial charge in [0.15, 0.2) is 0 Å². The molecule has 0 unspecified atom stereocenters. The molecule has 10 heteroatoms. The van der Waals surface area contributed by atoms with E-state index in [4.69, 9.17) is 25.5 Å². The first-order valence-electron chi connectivity index (χ1n) is 14.0. The summed E-state index contributed by atoms with van der Waals surface area (Å²) in [4.78, 5) is 31.4.